The minimum atomic E-state index is -0.763. The van der Waals surface area contributed by atoms with Crippen LogP contribution in [0.15, 0.2) is 24.5 Å². The molecule has 1 heterocycles. The molecule has 4 heteroatoms. The van der Waals surface area contributed by atoms with Gasteiger partial charge in [0.15, 0.2) is 17.9 Å². The molecule has 4 nitrogen and oxygen atoms in total. The number of aryl methyl sites for hydroxylation is 1. The maximum Gasteiger partial charge on any atom is 0.364 e. The van der Waals surface area contributed by atoms with E-state index in [0.717, 1.165) is 19.4 Å². The topological polar surface area (TPSA) is 68.0 Å². The fourth-order valence-electron chi connectivity index (χ4n) is 1.44. The molecular weight excluding hydrogens is 204 g/mol. The maximum atomic E-state index is 10.8. The molecule has 0 radical (unpaired) electrons. The van der Waals surface area contributed by atoms with Gasteiger partial charge in [0.05, 0.1) is 6.54 Å². The lowest BCUT2D eigenvalue weighted by Crippen LogP contribution is -2.97. The number of rotatable bonds is 6. The summed E-state index contributed by atoms with van der Waals surface area (Å²) in [5, 5.41) is 10.8. The number of aromatic amines is 1. The molecule has 0 saturated heterocycles. The number of quaternary nitrogens is 1. The van der Waals surface area contributed by atoms with Crippen molar-refractivity contribution in [3.05, 3.63) is 30.1 Å². The Morgan fingerprint density at radius 3 is 2.88 bits per heavy atom. The third kappa shape index (κ3) is 3.98. The van der Waals surface area contributed by atoms with Crippen molar-refractivity contribution in [2.45, 2.75) is 32.2 Å². The van der Waals surface area contributed by atoms with Gasteiger partial charge in [0.1, 0.15) is 0 Å². The van der Waals surface area contributed by atoms with Crippen LogP contribution in [0.5, 0.6) is 0 Å². The van der Waals surface area contributed by atoms with E-state index in [1.54, 1.807) is 13.8 Å². The molecule has 0 saturated carbocycles. The maximum absolute atomic E-state index is 10.8. The van der Waals surface area contributed by atoms with Gasteiger partial charge in [-0.2, -0.15) is 0 Å². The highest BCUT2D eigenvalue weighted by Gasteiger charge is 2.30. The molecule has 1 aromatic rings. The molecular formula is C12H20N2O2+2. The predicted molar refractivity (Wildman–Crippen MR) is 59.8 cm³/mol. The highest BCUT2D eigenvalue weighted by atomic mass is 16.4. The van der Waals surface area contributed by atoms with Gasteiger partial charge in [-0.25, -0.2) is 9.78 Å². The zero-order chi connectivity index (χ0) is 12.0. The van der Waals surface area contributed by atoms with Crippen LogP contribution in [0.3, 0.4) is 0 Å². The first-order chi connectivity index (χ1) is 7.52. The number of carboxylic acids is 1. The molecule has 16 heavy (non-hydrogen) atoms. The lowest BCUT2D eigenvalue weighted by atomic mass is 10.1. The van der Waals surface area contributed by atoms with Gasteiger partial charge in [-0.3, -0.25) is 0 Å². The average molecular weight is 224 g/mol. The number of nitrogens with one attached hydrogen (secondary N) is 1. The van der Waals surface area contributed by atoms with E-state index in [0.29, 0.717) is 0 Å². The lowest BCUT2D eigenvalue weighted by Gasteiger charge is -2.17. The molecule has 0 unspecified atom stereocenters. The summed E-state index contributed by atoms with van der Waals surface area (Å²) in [6.07, 6.45) is 5.81. The van der Waals surface area contributed by atoms with E-state index in [1.807, 2.05) is 23.8 Å². The second-order valence-corrected chi connectivity index (χ2v) is 4.53. The van der Waals surface area contributed by atoms with Crippen molar-refractivity contribution in [3.63, 3.8) is 0 Å². The van der Waals surface area contributed by atoms with E-state index < -0.39 is 11.5 Å². The molecule has 1 aromatic heterocycles. The highest BCUT2D eigenvalue weighted by Crippen LogP contribution is 1.98. The van der Waals surface area contributed by atoms with E-state index in [-0.39, 0.29) is 0 Å². The number of hydrogen-bond acceptors (Lipinski definition) is 1. The molecule has 88 valence electrons. The average Bonchev–Trinajstić information content (AvgIpc) is 2.26. The van der Waals surface area contributed by atoms with Crippen molar-refractivity contribution in [3.8, 4) is 0 Å². The fraction of sp³-hybridized carbons (Fsp3) is 0.500. The van der Waals surface area contributed by atoms with Gasteiger partial charge in [0.25, 0.3) is 0 Å². The number of carboxylic acid groups (broad SMARTS) is 1. The Labute approximate surface area is 95.7 Å². The molecule has 4 N–H and O–H groups in total. The van der Waals surface area contributed by atoms with Crippen LogP contribution in [0.1, 0.15) is 25.8 Å². The van der Waals surface area contributed by atoms with Crippen molar-refractivity contribution in [1.29, 1.82) is 0 Å². The summed E-state index contributed by atoms with van der Waals surface area (Å²) >= 11 is 0. The summed E-state index contributed by atoms with van der Waals surface area (Å²) in [5.41, 5.74) is 0.534. The molecule has 0 amide bonds. The fourth-order valence-corrected chi connectivity index (χ4v) is 1.44. The van der Waals surface area contributed by atoms with E-state index in [4.69, 9.17) is 5.11 Å². The first-order valence-corrected chi connectivity index (χ1v) is 5.55. The van der Waals surface area contributed by atoms with E-state index in [1.165, 1.54) is 5.56 Å². The van der Waals surface area contributed by atoms with Gasteiger partial charge in [0, 0.05) is 31.9 Å². The van der Waals surface area contributed by atoms with Gasteiger partial charge in [0.2, 0.25) is 0 Å². The smallest absolute Gasteiger partial charge is 0.364 e. The van der Waals surface area contributed by atoms with Crippen molar-refractivity contribution in [2.75, 3.05) is 6.54 Å². The number of hydrogen-bond donors (Lipinski definition) is 2. The van der Waals surface area contributed by atoms with Crippen LogP contribution in [0.2, 0.25) is 0 Å². The van der Waals surface area contributed by atoms with Crippen molar-refractivity contribution in [2.24, 2.45) is 0 Å². The minimum Gasteiger partial charge on any atom is -0.477 e. The second-order valence-electron chi connectivity index (χ2n) is 4.53. The Balaban J connectivity index is 2.25. The molecule has 0 aliphatic heterocycles. The molecule has 0 fully saturated rings. The third-order valence-electron chi connectivity index (χ3n) is 2.65. The number of carbonyl (C=O) groups is 1. The predicted octanol–water partition coefficient (Wildman–Crippen LogP) is -0.140. The molecule has 0 aliphatic rings. The lowest BCUT2D eigenvalue weighted by molar-refractivity contribution is -0.707. The molecule has 0 bridgehead atoms. The van der Waals surface area contributed by atoms with E-state index in [2.05, 4.69) is 11.1 Å². The number of H-pyrrole nitrogens is 1. The third-order valence-corrected chi connectivity index (χ3v) is 2.65. The van der Waals surface area contributed by atoms with Crippen LogP contribution in [0.25, 0.3) is 0 Å². The van der Waals surface area contributed by atoms with Gasteiger partial charge in [-0.15, -0.1) is 0 Å². The summed E-state index contributed by atoms with van der Waals surface area (Å²) in [6.45, 7) is 4.28. The van der Waals surface area contributed by atoms with Crippen molar-refractivity contribution in [1.82, 2.24) is 0 Å². The zero-order valence-corrected chi connectivity index (χ0v) is 9.86. The summed E-state index contributed by atoms with van der Waals surface area (Å²) in [6, 6.07) is 4.04. The van der Waals surface area contributed by atoms with Gasteiger partial charge >= 0.3 is 5.97 Å². The summed E-state index contributed by atoms with van der Waals surface area (Å²) in [5.74, 6) is -0.763. The normalized spacial score (nSPS) is 11.4. The number of aliphatic carboxylic acids is 1. The molecule has 0 aliphatic carbocycles. The Hall–Kier alpha value is -1.42. The van der Waals surface area contributed by atoms with Crippen LogP contribution in [0, 0.1) is 0 Å². The first-order valence-electron chi connectivity index (χ1n) is 5.55. The number of pyridine rings is 1. The highest BCUT2D eigenvalue weighted by molar-refractivity contribution is 5.75. The van der Waals surface area contributed by atoms with Crippen LogP contribution in [0.4, 0.5) is 0 Å². The SMILES string of the molecule is CC(C)([NH2+]CCCc1ccc[nH+]c1)C(=O)O. The molecule has 0 atom stereocenters. The van der Waals surface area contributed by atoms with Gasteiger partial charge in [-0.05, 0) is 12.5 Å². The molecule has 0 spiro atoms. The molecule has 1 rings (SSSR count). The van der Waals surface area contributed by atoms with Crippen molar-refractivity contribution < 1.29 is 20.2 Å². The minimum absolute atomic E-state index is 0.719. The molecule has 0 aromatic carbocycles. The second kappa shape index (κ2) is 5.61. The number of aromatic nitrogens is 1. The van der Waals surface area contributed by atoms with E-state index in [9.17, 15) is 4.79 Å². The first kappa shape index (κ1) is 12.6. The van der Waals surface area contributed by atoms with Crippen molar-refractivity contribution >= 4 is 5.97 Å². The van der Waals surface area contributed by atoms with Crippen LogP contribution < -0.4 is 10.3 Å². The van der Waals surface area contributed by atoms with Crippen LogP contribution in [-0.4, -0.2) is 23.2 Å². The van der Waals surface area contributed by atoms with Crippen LogP contribution >= 0.6 is 0 Å². The Kier molecular flexibility index (Phi) is 4.43. The van der Waals surface area contributed by atoms with Crippen LogP contribution in [-0.2, 0) is 11.2 Å². The zero-order valence-electron chi connectivity index (χ0n) is 9.86. The quantitative estimate of drug-likeness (QED) is 0.660. The standard InChI is InChI=1S/C12H18N2O2/c1-12(2,11(15)16)14-8-4-6-10-5-3-7-13-9-10/h3,5,7,9,14H,4,6,8H2,1-2H3,(H,15,16)/p+2. The monoisotopic (exact) mass is 224 g/mol. The largest absolute Gasteiger partial charge is 0.477 e. The summed E-state index contributed by atoms with van der Waals surface area (Å²) in [4.78, 5) is 13.9. The Morgan fingerprint density at radius 2 is 2.31 bits per heavy atom. The van der Waals surface area contributed by atoms with Gasteiger partial charge < -0.3 is 10.4 Å². The number of nitrogens with two attached hydrogens (primary N) is 1. The van der Waals surface area contributed by atoms with Gasteiger partial charge in [-0.1, -0.05) is 0 Å². The Bertz CT molecular complexity index is 336. The summed E-state index contributed by atoms with van der Waals surface area (Å²) in [7, 11) is 0. The van der Waals surface area contributed by atoms with E-state index >= 15 is 0 Å². The summed E-state index contributed by atoms with van der Waals surface area (Å²) < 4.78 is 0. The Morgan fingerprint density at radius 1 is 1.56 bits per heavy atom.